The van der Waals surface area contributed by atoms with Crippen molar-refractivity contribution in [2.24, 2.45) is 0 Å². The lowest BCUT2D eigenvalue weighted by molar-refractivity contribution is -0.133. The number of benzene rings is 2. The number of ether oxygens (including phenoxy) is 1. The summed E-state index contributed by atoms with van der Waals surface area (Å²) in [6.45, 7) is 2.39. The molecule has 2 amide bonds. The number of ketones is 1. The maximum Gasteiger partial charge on any atom is 0.243 e. The van der Waals surface area contributed by atoms with Crippen molar-refractivity contribution < 1.29 is 19.1 Å². The predicted molar refractivity (Wildman–Crippen MR) is 104 cm³/mol. The van der Waals surface area contributed by atoms with E-state index in [2.05, 4.69) is 5.32 Å². The van der Waals surface area contributed by atoms with Crippen LogP contribution in [0.4, 0.5) is 5.69 Å². The van der Waals surface area contributed by atoms with Crippen LogP contribution in [0.3, 0.4) is 0 Å². The van der Waals surface area contributed by atoms with Crippen molar-refractivity contribution in [3.63, 3.8) is 0 Å². The molecule has 0 bridgehead atoms. The number of likely N-dealkylation sites (N-methyl/N-ethyl adjacent to an activating group) is 1. The van der Waals surface area contributed by atoms with E-state index in [1.165, 1.54) is 4.90 Å². The number of carbonyl (C=O) groups is 3. The van der Waals surface area contributed by atoms with Crippen LogP contribution in [0.15, 0.2) is 54.6 Å². The van der Waals surface area contributed by atoms with Crippen LogP contribution in [0, 0.1) is 0 Å². The zero-order valence-electron chi connectivity index (χ0n) is 15.6. The fraction of sp³-hybridized carbons (Fsp3) is 0.286. The summed E-state index contributed by atoms with van der Waals surface area (Å²) in [5, 5.41) is 2.72. The SMILES string of the molecule is CCOc1ccc(C(=O)CCC(=O)N(C)CC(=O)Nc2ccccc2)cc1. The monoisotopic (exact) mass is 368 g/mol. The number of carbonyl (C=O) groups excluding carboxylic acids is 3. The molecule has 0 saturated carbocycles. The van der Waals surface area contributed by atoms with E-state index in [4.69, 9.17) is 4.74 Å². The number of Topliss-reactive ketones (excluding diaryl/α,β-unsaturated/α-hetero) is 1. The van der Waals surface area contributed by atoms with Crippen molar-refractivity contribution in [3.8, 4) is 5.75 Å². The molecule has 2 rings (SSSR count). The Kier molecular flexibility index (Phi) is 7.55. The van der Waals surface area contributed by atoms with E-state index >= 15 is 0 Å². The molecule has 2 aromatic carbocycles. The number of amides is 2. The van der Waals surface area contributed by atoms with Gasteiger partial charge in [0.15, 0.2) is 5.78 Å². The van der Waals surface area contributed by atoms with Crippen LogP contribution in [0.5, 0.6) is 5.75 Å². The predicted octanol–water partition coefficient (Wildman–Crippen LogP) is 3.15. The van der Waals surface area contributed by atoms with Gasteiger partial charge in [0.1, 0.15) is 5.75 Å². The van der Waals surface area contributed by atoms with Gasteiger partial charge in [-0.15, -0.1) is 0 Å². The summed E-state index contributed by atoms with van der Waals surface area (Å²) in [6, 6.07) is 15.9. The Labute approximate surface area is 159 Å². The topological polar surface area (TPSA) is 75.7 Å². The molecular formula is C21H24N2O4. The Morgan fingerprint density at radius 1 is 0.963 bits per heavy atom. The normalized spacial score (nSPS) is 10.1. The molecule has 27 heavy (non-hydrogen) atoms. The minimum absolute atomic E-state index is 0.0567. The summed E-state index contributed by atoms with van der Waals surface area (Å²) in [5.41, 5.74) is 1.21. The molecule has 1 N–H and O–H groups in total. The zero-order valence-corrected chi connectivity index (χ0v) is 15.6. The van der Waals surface area contributed by atoms with Gasteiger partial charge in [0.25, 0.3) is 0 Å². The first-order valence-electron chi connectivity index (χ1n) is 8.84. The summed E-state index contributed by atoms with van der Waals surface area (Å²) in [7, 11) is 1.55. The average Bonchev–Trinajstić information content (AvgIpc) is 2.67. The Hall–Kier alpha value is -3.15. The van der Waals surface area contributed by atoms with Gasteiger partial charge in [-0.1, -0.05) is 18.2 Å². The second-order valence-corrected chi connectivity index (χ2v) is 6.04. The highest BCUT2D eigenvalue weighted by molar-refractivity contribution is 5.99. The number of para-hydroxylation sites is 1. The van der Waals surface area contributed by atoms with Crippen LogP contribution in [0.1, 0.15) is 30.1 Å². The second kappa shape index (κ2) is 10.1. The average molecular weight is 368 g/mol. The van der Waals surface area contributed by atoms with Gasteiger partial charge in [-0.05, 0) is 43.3 Å². The minimum atomic E-state index is -0.283. The lowest BCUT2D eigenvalue weighted by atomic mass is 10.1. The molecule has 0 aromatic heterocycles. The number of hydrogen-bond acceptors (Lipinski definition) is 4. The van der Waals surface area contributed by atoms with E-state index in [1.54, 1.807) is 43.4 Å². The highest BCUT2D eigenvalue weighted by Gasteiger charge is 2.15. The van der Waals surface area contributed by atoms with Gasteiger partial charge in [0.2, 0.25) is 11.8 Å². The van der Waals surface area contributed by atoms with Crippen molar-refractivity contribution in [2.45, 2.75) is 19.8 Å². The third-order valence-electron chi connectivity index (χ3n) is 3.92. The smallest absolute Gasteiger partial charge is 0.243 e. The molecule has 0 spiro atoms. The summed E-state index contributed by atoms with van der Waals surface area (Å²) >= 11 is 0. The number of anilines is 1. The molecule has 0 aliphatic rings. The van der Waals surface area contributed by atoms with Crippen molar-refractivity contribution >= 4 is 23.3 Å². The summed E-state index contributed by atoms with van der Waals surface area (Å²) in [5.74, 6) is 0.0511. The van der Waals surface area contributed by atoms with Crippen LogP contribution >= 0.6 is 0 Å². The molecule has 0 fully saturated rings. The minimum Gasteiger partial charge on any atom is -0.494 e. The molecule has 0 radical (unpaired) electrons. The Bertz CT molecular complexity index is 773. The highest BCUT2D eigenvalue weighted by atomic mass is 16.5. The van der Waals surface area contributed by atoms with E-state index < -0.39 is 0 Å². The molecule has 0 atom stereocenters. The van der Waals surface area contributed by atoms with Gasteiger partial charge < -0.3 is 15.0 Å². The lowest BCUT2D eigenvalue weighted by Gasteiger charge is -2.16. The fourth-order valence-corrected chi connectivity index (χ4v) is 2.48. The number of hydrogen-bond donors (Lipinski definition) is 1. The molecular weight excluding hydrogens is 344 g/mol. The van der Waals surface area contributed by atoms with Crippen LogP contribution in [-0.4, -0.2) is 42.7 Å². The third kappa shape index (κ3) is 6.58. The van der Waals surface area contributed by atoms with Crippen LogP contribution < -0.4 is 10.1 Å². The van der Waals surface area contributed by atoms with Gasteiger partial charge in [-0.2, -0.15) is 0 Å². The van der Waals surface area contributed by atoms with Crippen molar-refractivity contribution in [2.75, 3.05) is 25.5 Å². The van der Waals surface area contributed by atoms with E-state index in [-0.39, 0.29) is 37.0 Å². The summed E-state index contributed by atoms with van der Waals surface area (Å²) in [4.78, 5) is 37.7. The van der Waals surface area contributed by atoms with Gasteiger partial charge in [0, 0.05) is 31.1 Å². The second-order valence-electron chi connectivity index (χ2n) is 6.04. The Morgan fingerprint density at radius 3 is 2.26 bits per heavy atom. The summed E-state index contributed by atoms with van der Waals surface area (Å²) in [6.07, 6.45) is 0.151. The molecule has 6 nitrogen and oxygen atoms in total. The third-order valence-corrected chi connectivity index (χ3v) is 3.92. The zero-order chi connectivity index (χ0) is 19.6. The first-order chi connectivity index (χ1) is 13.0. The molecule has 0 saturated heterocycles. The van der Waals surface area contributed by atoms with E-state index in [9.17, 15) is 14.4 Å². The molecule has 142 valence electrons. The Balaban J connectivity index is 1.78. The standard InChI is InChI=1S/C21H24N2O4/c1-3-27-18-11-9-16(10-12-18)19(24)13-14-21(26)23(2)15-20(25)22-17-7-5-4-6-8-17/h4-12H,3,13-15H2,1-2H3,(H,22,25). The van der Waals surface area contributed by atoms with Crippen molar-refractivity contribution in [1.82, 2.24) is 4.90 Å². The molecule has 2 aromatic rings. The molecule has 0 unspecified atom stereocenters. The number of rotatable bonds is 9. The molecule has 0 heterocycles. The van der Waals surface area contributed by atoms with Crippen molar-refractivity contribution in [1.29, 1.82) is 0 Å². The van der Waals surface area contributed by atoms with Crippen LogP contribution in [-0.2, 0) is 9.59 Å². The maximum atomic E-state index is 12.2. The van der Waals surface area contributed by atoms with Gasteiger partial charge in [0.05, 0.1) is 13.2 Å². The molecule has 6 heteroatoms. The largest absolute Gasteiger partial charge is 0.494 e. The van der Waals surface area contributed by atoms with Crippen LogP contribution in [0.2, 0.25) is 0 Å². The van der Waals surface area contributed by atoms with Crippen LogP contribution in [0.25, 0.3) is 0 Å². The highest BCUT2D eigenvalue weighted by Crippen LogP contribution is 2.14. The van der Waals surface area contributed by atoms with Gasteiger partial charge >= 0.3 is 0 Å². The van der Waals surface area contributed by atoms with Gasteiger partial charge in [-0.3, -0.25) is 14.4 Å². The van der Waals surface area contributed by atoms with E-state index in [0.29, 0.717) is 23.6 Å². The summed E-state index contributed by atoms with van der Waals surface area (Å²) < 4.78 is 5.34. The van der Waals surface area contributed by atoms with E-state index in [0.717, 1.165) is 0 Å². The first kappa shape index (κ1) is 20.2. The maximum absolute atomic E-state index is 12.2. The molecule has 0 aliphatic carbocycles. The van der Waals surface area contributed by atoms with E-state index in [1.807, 2.05) is 25.1 Å². The quantitative estimate of drug-likeness (QED) is 0.690. The number of nitrogens with zero attached hydrogens (tertiary/aromatic N) is 1. The number of nitrogens with one attached hydrogen (secondary N) is 1. The fourth-order valence-electron chi connectivity index (χ4n) is 2.48. The lowest BCUT2D eigenvalue weighted by Crippen LogP contribution is -2.35. The first-order valence-corrected chi connectivity index (χ1v) is 8.84. The Morgan fingerprint density at radius 2 is 1.63 bits per heavy atom. The van der Waals surface area contributed by atoms with Gasteiger partial charge in [-0.25, -0.2) is 0 Å². The molecule has 0 aliphatic heterocycles. The van der Waals surface area contributed by atoms with Crippen molar-refractivity contribution in [3.05, 3.63) is 60.2 Å².